The van der Waals surface area contributed by atoms with E-state index in [-0.39, 0.29) is 5.04 Å². The highest BCUT2D eigenvalue weighted by Gasteiger charge is 2.45. The van der Waals surface area contributed by atoms with Crippen molar-refractivity contribution in [1.29, 1.82) is 0 Å². The Kier molecular flexibility index (Phi) is 9.66. The third-order valence-corrected chi connectivity index (χ3v) is 16.3. The Hall–Kier alpha value is -0.126. The van der Waals surface area contributed by atoms with Crippen LogP contribution in [0.25, 0.3) is 0 Å². The summed E-state index contributed by atoms with van der Waals surface area (Å²) < 4.78 is 12.4. The predicted octanol–water partition coefficient (Wildman–Crippen LogP) is 5.56. The Bertz CT molecular complexity index is 432. The molecule has 3 nitrogen and oxygen atoms in total. The van der Waals surface area contributed by atoms with Gasteiger partial charge in [0, 0.05) is 0 Å². The molecule has 0 saturated carbocycles. The van der Waals surface area contributed by atoms with Gasteiger partial charge >= 0.3 is 0 Å². The Morgan fingerprint density at radius 3 is 1.68 bits per heavy atom. The summed E-state index contributed by atoms with van der Waals surface area (Å²) in [5.41, 5.74) is 1.53. The van der Waals surface area contributed by atoms with Crippen molar-refractivity contribution < 1.29 is 14.0 Å². The second kappa shape index (κ2) is 9.71. The van der Waals surface area contributed by atoms with Crippen molar-refractivity contribution in [2.75, 3.05) is 13.2 Å². The Labute approximate surface area is 159 Å². The molecule has 0 aliphatic rings. The Morgan fingerprint density at radius 1 is 0.880 bits per heavy atom. The van der Waals surface area contributed by atoms with Crippen LogP contribution in [0.15, 0.2) is 0 Å². The molecule has 1 atom stereocenters. The van der Waals surface area contributed by atoms with Gasteiger partial charge in [-0.15, -0.1) is 0 Å². The van der Waals surface area contributed by atoms with Gasteiger partial charge in [-0.25, -0.2) is 0 Å². The molecule has 0 aliphatic heterocycles. The summed E-state index contributed by atoms with van der Waals surface area (Å²) in [5, 5.41) is 10.4. The van der Waals surface area contributed by atoms with Gasteiger partial charge in [0.05, 0.1) is 13.2 Å². The molecule has 0 aromatic carbocycles. The van der Waals surface area contributed by atoms with Crippen molar-refractivity contribution in [3.05, 3.63) is 0 Å². The van der Waals surface area contributed by atoms with E-state index in [0.717, 1.165) is 0 Å². The van der Waals surface area contributed by atoms with E-state index in [1.165, 1.54) is 0 Å². The van der Waals surface area contributed by atoms with Crippen LogP contribution in [0.4, 0.5) is 0 Å². The lowest BCUT2D eigenvalue weighted by Gasteiger charge is -2.42. The summed E-state index contributed by atoms with van der Waals surface area (Å²) in [6, 6.07) is 0. The molecular formula is C20H42O3Si2. The first-order valence-corrected chi connectivity index (χ1v) is 14.7. The highest BCUT2D eigenvalue weighted by Crippen LogP contribution is 2.42. The zero-order valence-corrected chi connectivity index (χ0v) is 20.5. The number of hydrogen-bond acceptors (Lipinski definition) is 3. The van der Waals surface area contributed by atoms with E-state index in [1.807, 2.05) is 0 Å². The topological polar surface area (TPSA) is 38.7 Å². The van der Waals surface area contributed by atoms with Gasteiger partial charge in [-0.05, 0) is 34.8 Å². The zero-order chi connectivity index (χ0) is 20.1. The van der Waals surface area contributed by atoms with E-state index >= 15 is 0 Å². The van der Waals surface area contributed by atoms with Gasteiger partial charge in [0.2, 0.25) is 8.32 Å². The van der Waals surface area contributed by atoms with E-state index < -0.39 is 22.7 Å². The van der Waals surface area contributed by atoms with Crippen LogP contribution < -0.4 is 0 Å². The molecule has 0 fully saturated rings. The summed E-state index contributed by atoms with van der Waals surface area (Å²) in [6.45, 7) is 25.2. The average molecular weight is 387 g/mol. The second-order valence-corrected chi connectivity index (χ2v) is 19.8. The van der Waals surface area contributed by atoms with Gasteiger partial charge in [0.25, 0.3) is 0 Å². The molecule has 5 heteroatoms. The summed E-state index contributed by atoms with van der Waals surface area (Å²) in [4.78, 5) is 0. The van der Waals surface area contributed by atoms with E-state index in [0.29, 0.717) is 29.8 Å². The molecule has 25 heavy (non-hydrogen) atoms. The van der Waals surface area contributed by atoms with Crippen LogP contribution in [0.1, 0.15) is 62.3 Å². The Morgan fingerprint density at radius 2 is 1.32 bits per heavy atom. The Balaban J connectivity index is 4.75. The summed E-state index contributed by atoms with van der Waals surface area (Å²) >= 11 is 0. The standard InChI is InChI=1S/C20H42O3Si2/c1-16(2)25(17(3)4,18(5)6)23-15-19(21)13-12-14-22-24(10,11)20(7,8)9/h16-19,21H,14-15H2,1-11H3/t19-/m1/s1. The first-order chi connectivity index (χ1) is 11.2. The fourth-order valence-electron chi connectivity index (χ4n) is 3.36. The molecule has 0 bridgehead atoms. The van der Waals surface area contributed by atoms with Crippen molar-refractivity contribution in [1.82, 2.24) is 0 Å². The molecule has 0 rings (SSSR count). The number of aliphatic hydroxyl groups is 1. The van der Waals surface area contributed by atoms with Gasteiger partial charge in [-0.3, -0.25) is 0 Å². The van der Waals surface area contributed by atoms with Gasteiger partial charge in [-0.1, -0.05) is 74.2 Å². The molecule has 0 spiro atoms. The molecule has 148 valence electrons. The van der Waals surface area contributed by atoms with E-state index in [4.69, 9.17) is 8.85 Å². The maximum Gasteiger partial charge on any atom is 0.200 e. The normalized spacial score (nSPS) is 14.8. The van der Waals surface area contributed by atoms with Crippen LogP contribution >= 0.6 is 0 Å². The fraction of sp³-hybridized carbons (Fsp3) is 0.900. The quantitative estimate of drug-likeness (QED) is 0.438. The molecule has 0 saturated heterocycles. The maximum atomic E-state index is 10.2. The number of hydrogen-bond donors (Lipinski definition) is 1. The number of aliphatic hydroxyl groups excluding tert-OH is 1. The monoisotopic (exact) mass is 386 g/mol. The molecular weight excluding hydrogens is 344 g/mol. The maximum absolute atomic E-state index is 10.2. The first kappa shape index (κ1) is 24.9. The first-order valence-electron chi connectivity index (χ1n) is 9.62. The summed E-state index contributed by atoms with van der Waals surface area (Å²) in [6.07, 6.45) is -0.744. The number of rotatable bonds is 8. The third-order valence-electron chi connectivity index (χ3n) is 5.78. The fourth-order valence-corrected chi connectivity index (χ4v) is 9.67. The molecule has 0 radical (unpaired) electrons. The third kappa shape index (κ3) is 6.84. The van der Waals surface area contributed by atoms with E-state index in [2.05, 4.69) is 87.2 Å². The van der Waals surface area contributed by atoms with Crippen molar-refractivity contribution in [2.45, 2.75) is 103 Å². The highest BCUT2D eigenvalue weighted by molar-refractivity contribution is 6.77. The largest absolute Gasteiger partial charge is 0.412 e. The zero-order valence-electron chi connectivity index (χ0n) is 18.5. The van der Waals surface area contributed by atoms with Crippen molar-refractivity contribution >= 4 is 16.6 Å². The minimum absolute atomic E-state index is 0.174. The molecule has 0 amide bonds. The predicted molar refractivity (Wildman–Crippen MR) is 114 cm³/mol. The lowest BCUT2D eigenvalue weighted by molar-refractivity contribution is 0.138. The lowest BCUT2D eigenvalue weighted by atomic mass is 10.2. The molecule has 0 aromatic rings. The summed E-state index contributed by atoms with van der Waals surface area (Å²) in [7, 11) is -3.72. The molecule has 0 unspecified atom stereocenters. The highest BCUT2D eigenvalue weighted by atomic mass is 28.4. The molecule has 0 aliphatic carbocycles. The smallest absolute Gasteiger partial charge is 0.200 e. The summed E-state index contributed by atoms with van der Waals surface area (Å²) in [5.74, 6) is 5.88. The molecule has 0 aromatic heterocycles. The minimum Gasteiger partial charge on any atom is -0.412 e. The second-order valence-electron chi connectivity index (χ2n) is 9.51. The van der Waals surface area contributed by atoms with E-state index in [1.54, 1.807) is 0 Å². The molecule has 1 N–H and O–H groups in total. The average Bonchev–Trinajstić information content (AvgIpc) is 2.41. The van der Waals surface area contributed by atoms with Gasteiger partial charge in [0.15, 0.2) is 8.32 Å². The van der Waals surface area contributed by atoms with Gasteiger partial charge in [-0.2, -0.15) is 0 Å². The van der Waals surface area contributed by atoms with Gasteiger partial charge in [0.1, 0.15) is 6.10 Å². The van der Waals surface area contributed by atoms with Crippen LogP contribution in [-0.4, -0.2) is 41.1 Å². The SMILES string of the molecule is CC(C)[Si](OC[C@H](O)C#CCO[Si](C)(C)C(C)(C)C)(C(C)C)C(C)C. The van der Waals surface area contributed by atoms with Crippen molar-refractivity contribution in [3.8, 4) is 11.8 Å². The van der Waals surface area contributed by atoms with Crippen LogP contribution in [0.2, 0.25) is 34.8 Å². The van der Waals surface area contributed by atoms with Crippen LogP contribution in [0.5, 0.6) is 0 Å². The van der Waals surface area contributed by atoms with Crippen molar-refractivity contribution in [3.63, 3.8) is 0 Å². The van der Waals surface area contributed by atoms with Crippen LogP contribution in [0, 0.1) is 11.8 Å². The minimum atomic E-state index is -1.94. The van der Waals surface area contributed by atoms with Crippen LogP contribution in [-0.2, 0) is 8.85 Å². The molecule has 0 heterocycles. The van der Waals surface area contributed by atoms with Gasteiger partial charge < -0.3 is 14.0 Å². The van der Waals surface area contributed by atoms with Crippen molar-refractivity contribution in [2.24, 2.45) is 0 Å². The lowest BCUT2D eigenvalue weighted by Crippen LogP contribution is -2.49. The van der Waals surface area contributed by atoms with Crippen LogP contribution in [0.3, 0.4) is 0 Å². The van der Waals surface area contributed by atoms with E-state index in [9.17, 15) is 5.11 Å².